The number of aryl methyl sites for hydroxylation is 1. The van der Waals surface area contributed by atoms with Gasteiger partial charge in [0.05, 0.1) is 5.56 Å². The van der Waals surface area contributed by atoms with Crippen LogP contribution in [0, 0.1) is 13.8 Å². The Morgan fingerprint density at radius 1 is 1.08 bits per heavy atom. The number of nitrogens with zero attached hydrogens (tertiary/aromatic N) is 4. The molecule has 0 aliphatic rings. The van der Waals surface area contributed by atoms with Gasteiger partial charge < -0.3 is 10.6 Å². The van der Waals surface area contributed by atoms with Gasteiger partial charge in [0.15, 0.2) is 0 Å². The summed E-state index contributed by atoms with van der Waals surface area (Å²) in [6, 6.07) is 6.92. The second kappa shape index (κ2) is 6.81. The standard InChI is InChI=1S/C16H16N6O2S/c1-9-10(2)25-16(22-8-17-20-21-22)14(9)15(24)19-13-6-4-12(5-7-13)18-11(3)23/h4-8H,1-3H3,(H,18,23)(H,19,24). The van der Waals surface area contributed by atoms with Crippen molar-refractivity contribution in [2.24, 2.45) is 0 Å². The number of hydrogen-bond acceptors (Lipinski definition) is 6. The fourth-order valence-corrected chi connectivity index (χ4v) is 3.40. The summed E-state index contributed by atoms with van der Waals surface area (Å²) in [6.45, 7) is 5.29. The minimum Gasteiger partial charge on any atom is -0.326 e. The van der Waals surface area contributed by atoms with E-state index in [1.165, 1.54) is 29.3 Å². The van der Waals surface area contributed by atoms with E-state index in [1.54, 1.807) is 24.3 Å². The van der Waals surface area contributed by atoms with Crippen molar-refractivity contribution in [3.8, 4) is 5.00 Å². The summed E-state index contributed by atoms with van der Waals surface area (Å²) in [5.74, 6) is -0.383. The number of carbonyl (C=O) groups excluding carboxylic acids is 2. The Morgan fingerprint density at radius 2 is 1.72 bits per heavy atom. The zero-order chi connectivity index (χ0) is 18.0. The van der Waals surface area contributed by atoms with Gasteiger partial charge in [0.2, 0.25) is 5.91 Å². The molecule has 0 bridgehead atoms. The lowest BCUT2D eigenvalue weighted by Gasteiger charge is -2.08. The summed E-state index contributed by atoms with van der Waals surface area (Å²) in [4.78, 5) is 24.8. The molecule has 25 heavy (non-hydrogen) atoms. The summed E-state index contributed by atoms with van der Waals surface area (Å²) in [6.07, 6.45) is 1.46. The maximum atomic E-state index is 12.8. The molecular formula is C16H16N6O2S. The number of hydrogen-bond donors (Lipinski definition) is 2. The normalized spacial score (nSPS) is 10.5. The molecule has 0 aliphatic carbocycles. The summed E-state index contributed by atoms with van der Waals surface area (Å²) >= 11 is 1.46. The van der Waals surface area contributed by atoms with E-state index in [0.29, 0.717) is 21.9 Å². The molecule has 8 nitrogen and oxygen atoms in total. The molecule has 0 saturated carbocycles. The van der Waals surface area contributed by atoms with E-state index in [2.05, 4.69) is 26.2 Å². The predicted octanol–water partition coefficient (Wildman–Crippen LogP) is 2.55. The smallest absolute Gasteiger partial charge is 0.259 e. The summed E-state index contributed by atoms with van der Waals surface area (Å²) in [5, 5.41) is 17.4. The van der Waals surface area contributed by atoms with Gasteiger partial charge in [-0.25, -0.2) is 0 Å². The topological polar surface area (TPSA) is 102 Å². The summed E-state index contributed by atoms with van der Waals surface area (Å²) in [5.41, 5.74) is 2.73. The fraction of sp³-hybridized carbons (Fsp3) is 0.188. The number of thiophene rings is 1. The number of rotatable bonds is 4. The van der Waals surface area contributed by atoms with Crippen molar-refractivity contribution in [2.75, 3.05) is 10.6 Å². The highest BCUT2D eigenvalue weighted by Gasteiger charge is 2.21. The molecule has 2 aromatic heterocycles. The number of aromatic nitrogens is 4. The third-order valence-corrected chi connectivity index (χ3v) is 4.81. The van der Waals surface area contributed by atoms with Crippen LogP contribution in [-0.4, -0.2) is 32.0 Å². The van der Waals surface area contributed by atoms with Crippen LogP contribution >= 0.6 is 11.3 Å². The van der Waals surface area contributed by atoms with E-state index in [9.17, 15) is 9.59 Å². The molecule has 0 radical (unpaired) electrons. The Bertz CT molecular complexity index is 915. The highest BCUT2D eigenvalue weighted by molar-refractivity contribution is 7.15. The average Bonchev–Trinajstić information content (AvgIpc) is 3.18. The molecule has 0 fully saturated rings. The molecule has 1 aromatic carbocycles. The van der Waals surface area contributed by atoms with Crippen molar-refractivity contribution in [1.29, 1.82) is 0 Å². The molecule has 0 atom stereocenters. The zero-order valence-corrected chi connectivity index (χ0v) is 14.7. The first-order chi connectivity index (χ1) is 12.0. The fourth-order valence-electron chi connectivity index (χ4n) is 2.33. The first-order valence-electron chi connectivity index (χ1n) is 7.48. The van der Waals surface area contributed by atoms with E-state index in [0.717, 1.165) is 10.4 Å². The third kappa shape index (κ3) is 3.56. The van der Waals surface area contributed by atoms with Crippen molar-refractivity contribution >= 4 is 34.5 Å². The van der Waals surface area contributed by atoms with Gasteiger partial charge in [0.25, 0.3) is 5.91 Å². The molecule has 128 valence electrons. The molecule has 0 saturated heterocycles. The quantitative estimate of drug-likeness (QED) is 0.748. The highest BCUT2D eigenvalue weighted by atomic mass is 32.1. The Hall–Kier alpha value is -3.07. The molecule has 3 rings (SSSR count). The first-order valence-corrected chi connectivity index (χ1v) is 8.29. The number of amides is 2. The SMILES string of the molecule is CC(=O)Nc1ccc(NC(=O)c2c(-n3cnnn3)sc(C)c2C)cc1. The molecular weight excluding hydrogens is 340 g/mol. The van der Waals surface area contributed by atoms with Crippen LogP contribution in [0.2, 0.25) is 0 Å². The Morgan fingerprint density at radius 3 is 2.28 bits per heavy atom. The van der Waals surface area contributed by atoms with Crippen LogP contribution in [0.15, 0.2) is 30.6 Å². The molecule has 2 N–H and O–H groups in total. The average molecular weight is 356 g/mol. The number of carbonyl (C=O) groups is 2. The van der Waals surface area contributed by atoms with Gasteiger partial charge in [0.1, 0.15) is 11.3 Å². The van der Waals surface area contributed by atoms with E-state index in [1.807, 2.05) is 13.8 Å². The molecule has 0 spiro atoms. The van der Waals surface area contributed by atoms with Crippen molar-refractivity contribution in [1.82, 2.24) is 20.2 Å². The van der Waals surface area contributed by atoms with E-state index >= 15 is 0 Å². The second-order valence-electron chi connectivity index (χ2n) is 5.43. The minimum absolute atomic E-state index is 0.146. The van der Waals surface area contributed by atoms with Crippen molar-refractivity contribution in [3.05, 3.63) is 46.6 Å². The lowest BCUT2D eigenvalue weighted by molar-refractivity contribution is -0.114. The number of tetrazole rings is 1. The maximum Gasteiger partial charge on any atom is 0.259 e. The molecule has 0 unspecified atom stereocenters. The van der Waals surface area contributed by atoms with Gasteiger partial charge in [0, 0.05) is 23.2 Å². The second-order valence-corrected chi connectivity index (χ2v) is 6.63. The Balaban J connectivity index is 1.85. The van der Waals surface area contributed by atoms with Crippen LogP contribution in [0.1, 0.15) is 27.7 Å². The Labute approximate surface area is 147 Å². The van der Waals surface area contributed by atoms with E-state index in [4.69, 9.17) is 0 Å². The monoisotopic (exact) mass is 356 g/mol. The Kier molecular flexibility index (Phi) is 4.57. The van der Waals surface area contributed by atoms with Crippen molar-refractivity contribution in [3.63, 3.8) is 0 Å². The lowest BCUT2D eigenvalue weighted by Crippen LogP contribution is -2.15. The first kappa shape index (κ1) is 16.8. The number of nitrogens with one attached hydrogen (secondary N) is 2. The van der Waals surface area contributed by atoms with Crippen LogP contribution in [0.5, 0.6) is 0 Å². The minimum atomic E-state index is -0.236. The van der Waals surface area contributed by atoms with Crippen LogP contribution in [-0.2, 0) is 4.79 Å². The van der Waals surface area contributed by atoms with Crippen LogP contribution in [0.25, 0.3) is 5.00 Å². The van der Waals surface area contributed by atoms with Gasteiger partial charge >= 0.3 is 0 Å². The van der Waals surface area contributed by atoms with Crippen molar-refractivity contribution < 1.29 is 9.59 Å². The molecule has 2 amide bonds. The molecule has 3 aromatic rings. The highest BCUT2D eigenvalue weighted by Crippen LogP contribution is 2.30. The van der Waals surface area contributed by atoms with Crippen LogP contribution in [0.3, 0.4) is 0 Å². The van der Waals surface area contributed by atoms with Gasteiger partial charge in [-0.3, -0.25) is 9.59 Å². The van der Waals surface area contributed by atoms with Crippen LogP contribution in [0.4, 0.5) is 11.4 Å². The van der Waals surface area contributed by atoms with E-state index in [-0.39, 0.29) is 11.8 Å². The molecule has 0 aliphatic heterocycles. The van der Waals surface area contributed by atoms with Gasteiger partial charge in [-0.15, -0.1) is 16.4 Å². The van der Waals surface area contributed by atoms with Gasteiger partial charge in [-0.2, -0.15) is 4.68 Å². The third-order valence-electron chi connectivity index (χ3n) is 3.61. The largest absolute Gasteiger partial charge is 0.326 e. The summed E-state index contributed by atoms with van der Waals surface area (Å²) in [7, 11) is 0. The van der Waals surface area contributed by atoms with Crippen molar-refractivity contribution in [2.45, 2.75) is 20.8 Å². The number of anilines is 2. The lowest BCUT2D eigenvalue weighted by atomic mass is 10.1. The van der Waals surface area contributed by atoms with Gasteiger partial charge in [-0.05, 0) is 54.1 Å². The summed E-state index contributed by atoms with van der Waals surface area (Å²) < 4.78 is 1.49. The molecule has 9 heteroatoms. The number of benzene rings is 1. The molecule has 2 heterocycles. The van der Waals surface area contributed by atoms with Crippen LogP contribution < -0.4 is 10.6 Å². The van der Waals surface area contributed by atoms with Gasteiger partial charge in [-0.1, -0.05) is 0 Å². The zero-order valence-electron chi connectivity index (χ0n) is 13.9. The maximum absolute atomic E-state index is 12.8. The van der Waals surface area contributed by atoms with E-state index < -0.39 is 0 Å². The predicted molar refractivity (Wildman–Crippen MR) is 95.2 cm³/mol.